The first-order chi connectivity index (χ1) is 10.3. The smallest absolute Gasteiger partial charge is 0.282 e. The van der Waals surface area contributed by atoms with E-state index in [0.717, 1.165) is 23.9 Å². The van der Waals surface area contributed by atoms with Gasteiger partial charge in [-0.25, -0.2) is 0 Å². The third kappa shape index (κ3) is 4.41. The zero-order valence-corrected chi connectivity index (χ0v) is 13.3. The summed E-state index contributed by atoms with van der Waals surface area (Å²) in [5.74, 6) is 0.142. The fraction of sp³-hybridized carbons (Fsp3) is 0.133. The van der Waals surface area contributed by atoms with Crippen LogP contribution in [0.25, 0.3) is 0 Å². The van der Waals surface area contributed by atoms with Crippen LogP contribution in [0.15, 0.2) is 42.5 Å². The fourth-order valence-electron chi connectivity index (χ4n) is 1.69. The molecular formula is C15H9Cl2F3OS. The Hall–Kier alpha value is -1.17. The highest BCUT2D eigenvalue weighted by molar-refractivity contribution is 8.13. The van der Waals surface area contributed by atoms with Gasteiger partial charge in [-0.3, -0.25) is 4.79 Å². The highest BCUT2D eigenvalue weighted by atomic mass is 35.5. The second-order valence-corrected chi connectivity index (χ2v) is 6.17. The molecule has 0 saturated heterocycles. The van der Waals surface area contributed by atoms with Crippen molar-refractivity contribution in [2.45, 2.75) is 11.9 Å². The number of rotatable bonds is 3. The summed E-state index contributed by atoms with van der Waals surface area (Å²) in [4.78, 5) is 12.0. The Bertz CT molecular complexity index is 701. The summed E-state index contributed by atoms with van der Waals surface area (Å²) in [7, 11) is 0. The number of benzene rings is 2. The van der Waals surface area contributed by atoms with Crippen LogP contribution in [0.1, 0.15) is 21.5 Å². The molecule has 0 N–H and O–H groups in total. The maximum Gasteiger partial charge on any atom is 0.416 e. The summed E-state index contributed by atoms with van der Waals surface area (Å²) in [6.45, 7) is 0. The van der Waals surface area contributed by atoms with Gasteiger partial charge in [-0.15, -0.1) is 0 Å². The van der Waals surface area contributed by atoms with Crippen LogP contribution in [0.4, 0.5) is 13.2 Å². The van der Waals surface area contributed by atoms with Crippen molar-refractivity contribution in [3.05, 3.63) is 69.2 Å². The van der Waals surface area contributed by atoms with Gasteiger partial charge in [0.2, 0.25) is 5.12 Å². The van der Waals surface area contributed by atoms with E-state index in [2.05, 4.69) is 0 Å². The van der Waals surface area contributed by atoms with Crippen LogP contribution in [0.2, 0.25) is 10.0 Å². The molecule has 2 aromatic carbocycles. The van der Waals surface area contributed by atoms with Gasteiger partial charge in [-0.2, -0.15) is 13.2 Å². The third-order valence-corrected chi connectivity index (χ3v) is 4.49. The minimum absolute atomic E-state index is 0.142. The Morgan fingerprint density at radius 1 is 1.05 bits per heavy atom. The molecule has 116 valence electrons. The molecule has 0 amide bonds. The summed E-state index contributed by atoms with van der Waals surface area (Å²) < 4.78 is 37.8. The van der Waals surface area contributed by atoms with Crippen LogP contribution in [-0.4, -0.2) is 5.12 Å². The van der Waals surface area contributed by atoms with Crippen molar-refractivity contribution in [3.63, 3.8) is 0 Å². The van der Waals surface area contributed by atoms with Crippen LogP contribution in [0, 0.1) is 0 Å². The molecule has 0 aliphatic heterocycles. The van der Waals surface area contributed by atoms with Gasteiger partial charge in [0.1, 0.15) is 0 Å². The Morgan fingerprint density at radius 3 is 2.41 bits per heavy atom. The molecule has 0 bridgehead atoms. The molecule has 2 rings (SSSR count). The van der Waals surface area contributed by atoms with E-state index in [1.54, 1.807) is 6.07 Å². The zero-order valence-electron chi connectivity index (χ0n) is 11.0. The van der Waals surface area contributed by atoms with Gasteiger partial charge in [0.25, 0.3) is 0 Å². The average Bonchev–Trinajstić information content (AvgIpc) is 2.47. The van der Waals surface area contributed by atoms with E-state index in [0.29, 0.717) is 16.1 Å². The summed E-state index contributed by atoms with van der Waals surface area (Å²) in [5, 5.41) is 0.309. The summed E-state index contributed by atoms with van der Waals surface area (Å²) in [5.41, 5.74) is 0.0483. The minimum atomic E-state index is -4.39. The van der Waals surface area contributed by atoms with Crippen molar-refractivity contribution in [1.29, 1.82) is 0 Å². The molecule has 0 atom stereocenters. The van der Waals surface area contributed by atoms with Crippen molar-refractivity contribution < 1.29 is 18.0 Å². The standard InChI is InChI=1S/C15H9Cl2F3OS/c16-12-5-4-10(7-13(12)17)14(21)22-8-9-2-1-3-11(6-9)15(18,19)20/h1-7H,8H2. The van der Waals surface area contributed by atoms with E-state index >= 15 is 0 Å². The van der Waals surface area contributed by atoms with Crippen molar-refractivity contribution in [2.75, 3.05) is 0 Å². The lowest BCUT2D eigenvalue weighted by atomic mass is 10.1. The lowest BCUT2D eigenvalue weighted by Gasteiger charge is -2.08. The molecule has 0 spiro atoms. The Morgan fingerprint density at radius 2 is 1.77 bits per heavy atom. The fourth-order valence-corrected chi connectivity index (χ4v) is 2.76. The monoisotopic (exact) mass is 364 g/mol. The molecule has 7 heteroatoms. The highest BCUT2D eigenvalue weighted by Crippen LogP contribution is 2.31. The van der Waals surface area contributed by atoms with Crippen molar-refractivity contribution >= 4 is 40.1 Å². The van der Waals surface area contributed by atoms with Gasteiger partial charge >= 0.3 is 6.18 Å². The summed E-state index contributed by atoms with van der Waals surface area (Å²) in [6, 6.07) is 9.36. The molecule has 0 saturated carbocycles. The van der Waals surface area contributed by atoms with Gasteiger partial charge < -0.3 is 0 Å². The molecule has 22 heavy (non-hydrogen) atoms. The van der Waals surface area contributed by atoms with Gasteiger partial charge in [0.15, 0.2) is 0 Å². The van der Waals surface area contributed by atoms with Gasteiger partial charge in [0.05, 0.1) is 15.6 Å². The first kappa shape index (κ1) is 17.2. The number of halogens is 5. The van der Waals surface area contributed by atoms with Crippen LogP contribution in [0.5, 0.6) is 0 Å². The van der Waals surface area contributed by atoms with Gasteiger partial charge in [-0.1, -0.05) is 53.2 Å². The first-order valence-corrected chi connectivity index (χ1v) is 7.80. The second-order valence-electron chi connectivity index (χ2n) is 4.40. The molecule has 0 aliphatic carbocycles. The molecule has 0 radical (unpaired) electrons. The molecular weight excluding hydrogens is 356 g/mol. The number of thioether (sulfide) groups is 1. The van der Waals surface area contributed by atoms with E-state index in [1.807, 2.05) is 0 Å². The largest absolute Gasteiger partial charge is 0.416 e. The third-order valence-electron chi connectivity index (χ3n) is 2.78. The highest BCUT2D eigenvalue weighted by Gasteiger charge is 2.30. The SMILES string of the molecule is O=C(SCc1cccc(C(F)(F)F)c1)c1ccc(Cl)c(Cl)c1. The predicted octanol–water partition coefficient (Wildman–Crippen LogP) is 6.09. The summed E-state index contributed by atoms with van der Waals surface area (Å²) in [6.07, 6.45) is -4.39. The number of hydrogen-bond donors (Lipinski definition) is 0. The predicted molar refractivity (Wildman–Crippen MR) is 83.5 cm³/mol. The number of carbonyl (C=O) groups excluding carboxylic acids is 1. The lowest BCUT2D eigenvalue weighted by Crippen LogP contribution is -2.05. The van der Waals surface area contributed by atoms with Crippen LogP contribution in [-0.2, 0) is 11.9 Å². The second kappa shape index (κ2) is 6.94. The number of alkyl halides is 3. The number of hydrogen-bond acceptors (Lipinski definition) is 2. The Kier molecular flexibility index (Phi) is 5.42. The lowest BCUT2D eigenvalue weighted by molar-refractivity contribution is -0.137. The molecule has 1 nitrogen and oxygen atoms in total. The maximum atomic E-state index is 12.6. The molecule has 0 fully saturated rings. The minimum Gasteiger partial charge on any atom is -0.282 e. The van der Waals surface area contributed by atoms with Crippen molar-refractivity contribution in [3.8, 4) is 0 Å². The van der Waals surface area contributed by atoms with E-state index in [1.165, 1.54) is 24.3 Å². The molecule has 0 aromatic heterocycles. The van der Waals surface area contributed by atoms with E-state index < -0.39 is 11.7 Å². The summed E-state index contributed by atoms with van der Waals surface area (Å²) >= 11 is 12.5. The molecule has 0 aliphatic rings. The zero-order chi connectivity index (χ0) is 16.3. The Labute approximate surface area is 139 Å². The van der Waals surface area contributed by atoms with Gasteiger partial charge in [0, 0.05) is 11.3 Å². The van der Waals surface area contributed by atoms with E-state index in [-0.39, 0.29) is 15.9 Å². The average molecular weight is 365 g/mol. The van der Waals surface area contributed by atoms with Crippen LogP contribution >= 0.6 is 35.0 Å². The topological polar surface area (TPSA) is 17.1 Å². The molecule has 0 heterocycles. The van der Waals surface area contributed by atoms with Crippen LogP contribution < -0.4 is 0 Å². The Balaban J connectivity index is 2.06. The molecule has 2 aromatic rings. The quantitative estimate of drug-likeness (QED) is 0.655. The molecule has 0 unspecified atom stereocenters. The normalized spacial score (nSPS) is 11.5. The maximum absolute atomic E-state index is 12.6. The first-order valence-electron chi connectivity index (χ1n) is 6.05. The van der Waals surface area contributed by atoms with Crippen molar-refractivity contribution in [2.24, 2.45) is 0 Å². The van der Waals surface area contributed by atoms with E-state index in [9.17, 15) is 18.0 Å². The van der Waals surface area contributed by atoms with E-state index in [4.69, 9.17) is 23.2 Å². The number of carbonyl (C=O) groups is 1. The van der Waals surface area contributed by atoms with Crippen LogP contribution in [0.3, 0.4) is 0 Å². The van der Waals surface area contributed by atoms with Crippen molar-refractivity contribution in [1.82, 2.24) is 0 Å². The van der Waals surface area contributed by atoms with Gasteiger partial charge in [-0.05, 0) is 29.8 Å².